The number of hydrogen-bond donors (Lipinski definition) is 1. The fourth-order valence-corrected chi connectivity index (χ4v) is 1.86. The van der Waals surface area contributed by atoms with Gasteiger partial charge < -0.3 is 9.72 Å². The van der Waals surface area contributed by atoms with Crippen molar-refractivity contribution in [2.24, 2.45) is 0 Å². The summed E-state index contributed by atoms with van der Waals surface area (Å²) in [6, 6.07) is 1.81. The van der Waals surface area contributed by atoms with Crippen LogP contribution in [0, 0.1) is 4.64 Å². The Bertz CT molecular complexity index is 468. The third-order valence-electron chi connectivity index (χ3n) is 2.58. The van der Waals surface area contributed by atoms with E-state index in [-0.39, 0.29) is 6.61 Å². The highest BCUT2D eigenvalue weighted by Crippen LogP contribution is 2.38. The minimum Gasteiger partial charge on any atom is -0.372 e. The van der Waals surface area contributed by atoms with E-state index in [0.29, 0.717) is 22.8 Å². The minimum atomic E-state index is -4.28. The molecular formula is C11H13F3N2OS. The molecule has 1 heterocycles. The average Bonchev–Trinajstić information content (AvgIpc) is 3.06. The van der Waals surface area contributed by atoms with Crippen LogP contribution in [0.2, 0.25) is 0 Å². The van der Waals surface area contributed by atoms with Crippen molar-refractivity contribution in [3.8, 4) is 0 Å². The number of alkyl halides is 3. The van der Waals surface area contributed by atoms with Gasteiger partial charge in [0, 0.05) is 12.1 Å². The number of rotatable bonds is 5. The van der Waals surface area contributed by atoms with Crippen molar-refractivity contribution in [2.75, 3.05) is 13.2 Å². The van der Waals surface area contributed by atoms with Crippen molar-refractivity contribution < 1.29 is 17.9 Å². The van der Waals surface area contributed by atoms with Crippen molar-refractivity contribution in [3.05, 3.63) is 22.2 Å². The van der Waals surface area contributed by atoms with Crippen LogP contribution >= 0.6 is 12.2 Å². The maximum absolute atomic E-state index is 11.9. The van der Waals surface area contributed by atoms with E-state index in [1.165, 1.54) is 0 Å². The Morgan fingerprint density at radius 1 is 1.44 bits per heavy atom. The summed E-state index contributed by atoms with van der Waals surface area (Å²) in [5, 5.41) is 0. The van der Waals surface area contributed by atoms with Gasteiger partial charge >= 0.3 is 6.18 Å². The number of aromatic amines is 1. The number of aromatic nitrogens is 2. The Hall–Kier alpha value is -0.950. The highest BCUT2D eigenvalue weighted by atomic mass is 32.1. The molecule has 7 heteroatoms. The van der Waals surface area contributed by atoms with Crippen LogP contribution in [0.3, 0.4) is 0 Å². The van der Waals surface area contributed by atoms with Gasteiger partial charge in [-0.15, -0.1) is 0 Å². The highest BCUT2D eigenvalue weighted by molar-refractivity contribution is 7.71. The van der Waals surface area contributed by atoms with Gasteiger partial charge in [-0.05, 0) is 24.8 Å². The second kappa shape index (κ2) is 5.36. The Labute approximate surface area is 107 Å². The normalized spacial score (nSPS) is 15.9. The molecule has 1 aromatic heterocycles. The van der Waals surface area contributed by atoms with E-state index < -0.39 is 12.8 Å². The Balaban J connectivity index is 1.87. The van der Waals surface area contributed by atoms with Crippen molar-refractivity contribution in [2.45, 2.75) is 31.4 Å². The van der Waals surface area contributed by atoms with Gasteiger partial charge in [0.2, 0.25) is 0 Å². The molecule has 0 saturated heterocycles. The summed E-state index contributed by atoms with van der Waals surface area (Å²) in [7, 11) is 0. The van der Waals surface area contributed by atoms with E-state index >= 15 is 0 Å². The first-order valence-electron chi connectivity index (χ1n) is 5.69. The number of nitrogens with one attached hydrogen (secondary N) is 1. The van der Waals surface area contributed by atoms with E-state index in [2.05, 4.69) is 14.7 Å². The zero-order chi connectivity index (χ0) is 13.2. The Morgan fingerprint density at radius 2 is 2.17 bits per heavy atom. The van der Waals surface area contributed by atoms with Crippen LogP contribution in [0.25, 0.3) is 0 Å². The molecule has 2 rings (SSSR count). The summed E-state index contributed by atoms with van der Waals surface area (Å²) < 4.78 is 40.6. The quantitative estimate of drug-likeness (QED) is 0.664. The van der Waals surface area contributed by atoms with Gasteiger partial charge in [-0.2, -0.15) is 13.2 Å². The van der Waals surface area contributed by atoms with Gasteiger partial charge in [0.05, 0.1) is 6.61 Å². The summed E-state index contributed by atoms with van der Waals surface area (Å²) in [6.45, 7) is -1.25. The van der Waals surface area contributed by atoms with Gasteiger partial charge in [-0.25, -0.2) is 4.98 Å². The molecule has 0 atom stereocenters. The Morgan fingerprint density at radius 3 is 2.78 bits per heavy atom. The third-order valence-corrected chi connectivity index (χ3v) is 2.79. The molecule has 1 aliphatic rings. The largest absolute Gasteiger partial charge is 0.411 e. The smallest absolute Gasteiger partial charge is 0.372 e. The lowest BCUT2D eigenvalue weighted by Crippen LogP contribution is -2.18. The number of H-pyrrole nitrogens is 1. The minimum absolute atomic E-state index is 0.0219. The van der Waals surface area contributed by atoms with E-state index in [1.54, 1.807) is 0 Å². The van der Waals surface area contributed by atoms with Gasteiger partial charge in [-0.1, -0.05) is 12.2 Å². The molecule has 0 unspecified atom stereocenters. The molecule has 1 aromatic rings. The first-order chi connectivity index (χ1) is 8.44. The number of ether oxygens (including phenoxy) is 1. The van der Waals surface area contributed by atoms with Gasteiger partial charge in [0.25, 0.3) is 0 Å². The fraction of sp³-hybridized carbons (Fsp3) is 0.636. The van der Waals surface area contributed by atoms with Crippen LogP contribution in [-0.2, 0) is 11.2 Å². The zero-order valence-corrected chi connectivity index (χ0v) is 10.4. The van der Waals surface area contributed by atoms with Crippen molar-refractivity contribution in [1.82, 2.24) is 9.97 Å². The van der Waals surface area contributed by atoms with Crippen molar-refractivity contribution in [3.63, 3.8) is 0 Å². The first-order valence-corrected chi connectivity index (χ1v) is 6.09. The van der Waals surface area contributed by atoms with Crippen LogP contribution in [0.5, 0.6) is 0 Å². The molecule has 0 aromatic carbocycles. The van der Waals surface area contributed by atoms with Crippen molar-refractivity contribution in [1.29, 1.82) is 0 Å². The van der Waals surface area contributed by atoms with E-state index in [9.17, 15) is 13.2 Å². The molecule has 0 aliphatic heterocycles. The summed E-state index contributed by atoms with van der Waals surface area (Å²) in [5.74, 6) is 1.09. The third kappa shape index (κ3) is 4.38. The lowest BCUT2D eigenvalue weighted by molar-refractivity contribution is -0.173. The molecule has 18 heavy (non-hydrogen) atoms. The number of hydrogen-bond acceptors (Lipinski definition) is 3. The summed E-state index contributed by atoms with van der Waals surface area (Å²) in [6.07, 6.45) is -1.73. The predicted molar refractivity (Wildman–Crippen MR) is 62.0 cm³/mol. The summed E-state index contributed by atoms with van der Waals surface area (Å²) in [4.78, 5) is 7.18. The van der Waals surface area contributed by atoms with Crippen LogP contribution in [0.1, 0.15) is 30.3 Å². The van der Waals surface area contributed by atoms with Crippen LogP contribution in [-0.4, -0.2) is 29.4 Å². The van der Waals surface area contributed by atoms with Crippen LogP contribution < -0.4 is 0 Å². The molecular weight excluding hydrogens is 265 g/mol. The molecule has 1 N–H and O–H groups in total. The molecule has 1 fully saturated rings. The van der Waals surface area contributed by atoms with Crippen molar-refractivity contribution >= 4 is 12.2 Å². The zero-order valence-electron chi connectivity index (χ0n) is 9.59. The molecule has 100 valence electrons. The molecule has 0 spiro atoms. The maximum atomic E-state index is 11.9. The van der Waals surface area contributed by atoms with Gasteiger partial charge in [0.1, 0.15) is 17.1 Å². The number of nitrogens with zero attached hydrogens (tertiary/aromatic N) is 1. The fourth-order valence-electron chi connectivity index (χ4n) is 1.62. The molecule has 1 aliphatic carbocycles. The lowest BCUT2D eigenvalue weighted by Gasteiger charge is -2.08. The molecule has 3 nitrogen and oxygen atoms in total. The van der Waals surface area contributed by atoms with E-state index in [1.807, 2.05) is 6.07 Å². The van der Waals surface area contributed by atoms with E-state index in [4.69, 9.17) is 12.2 Å². The number of halogens is 3. The first kappa shape index (κ1) is 13.5. The summed E-state index contributed by atoms with van der Waals surface area (Å²) in [5.41, 5.74) is 1.03. The molecule has 1 saturated carbocycles. The van der Waals surface area contributed by atoms with E-state index in [0.717, 1.165) is 18.5 Å². The van der Waals surface area contributed by atoms with Gasteiger partial charge in [0.15, 0.2) is 0 Å². The monoisotopic (exact) mass is 278 g/mol. The molecule has 0 radical (unpaired) electrons. The second-order valence-electron chi connectivity index (χ2n) is 4.31. The standard InChI is InChI=1S/C11H13F3N2OS/c12-11(13,14)6-17-4-3-9-15-8(7-1-2-7)5-10(18)16-9/h5,7H,1-4,6H2,(H,15,16,18). The average molecular weight is 278 g/mol. The second-order valence-corrected chi connectivity index (χ2v) is 4.73. The lowest BCUT2D eigenvalue weighted by atomic mass is 10.3. The van der Waals surface area contributed by atoms with Crippen LogP contribution in [0.15, 0.2) is 6.07 Å². The molecule has 0 bridgehead atoms. The maximum Gasteiger partial charge on any atom is 0.411 e. The topological polar surface area (TPSA) is 37.9 Å². The summed E-state index contributed by atoms with van der Waals surface area (Å²) >= 11 is 5.02. The van der Waals surface area contributed by atoms with Gasteiger partial charge in [-0.3, -0.25) is 0 Å². The Kier molecular flexibility index (Phi) is 4.01. The molecule has 0 amide bonds. The SMILES string of the molecule is FC(F)(F)COCCc1nc(=S)cc(C2CC2)[nH]1. The highest BCUT2D eigenvalue weighted by Gasteiger charge is 2.27. The van der Waals surface area contributed by atoms with Crippen LogP contribution in [0.4, 0.5) is 13.2 Å². The predicted octanol–water partition coefficient (Wildman–Crippen LogP) is 3.14.